The fourth-order valence-electron chi connectivity index (χ4n) is 1.78. The van der Waals surface area contributed by atoms with Gasteiger partial charge in [-0.1, -0.05) is 27.2 Å². The number of rotatable bonds is 6. The van der Waals surface area contributed by atoms with Crippen LogP contribution in [0.15, 0.2) is 0 Å². The average Bonchev–Trinajstić information content (AvgIpc) is 3.06. The molecule has 0 spiro atoms. The Morgan fingerprint density at radius 1 is 1.38 bits per heavy atom. The summed E-state index contributed by atoms with van der Waals surface area (Å²) in [5.74, 6) is -0.675. The molecule has 1 amide bonds. The van der Waals surface area contributed by atoms with Crippen LogP contribution in [0.3, 0.4) is 0 Å². The van der Waals surface area contributed by atoms with Gasteiger partial charge in [-0.25, -0.2) is 4.79 Å². The summed E-state index contributed by atoms with van der Waals surface area (Å²) in [5, 5.41) is 11.7. The molecule has 3 atom stereocenters. The summed E-state index contributed by atoms with van der Waals surface area (Å²) >= 11 is 0. The standard InChI is InChI=1S/C12H21NO3/c1-4-7(2)10(12(15)16)13-11(14)8(3)9-5-6-9/h7-10H,4-6H2,1-3H3,(H,13,14)(H,15,16)/t7-,8?,10-/m0/s1. The van der Waals surface area contributed by atoms with Gasteiger partial charge in [-0.15, -0.1) is 0 Å². The number of amides is 1. The molecule has 1 saturated carbocycles. The van der Waals surface area contributed by atoms with Crippen molar-refractivity contribution in [1.82, 2.24) is 5.32 Å². The predicted octanol–water partition coefficient (Wildman–Crippen LogP) is 1.65. The quantitative estimate of drug-likeness (QED) is 0.725. The van der Waals surface area contributed by atoms with E-state index in [0.717, 1.165) is 19.3 Å². The Bertz CT molecular complexity index is 273. The van der Waals surface area contributed by atoms with Crippen molar-refractivity contribution in [2.45, 2.75) is 46.1 Å². The van der Waals surface area contributed by atoms with E-state index in [2.05, 4.69) is 5.32 Å². The van der Waals surface area contributed by atoms with Gasteiger partial charge in [0.15, 0.2) is 0 Å². The molecule has 1 aliphatic rings. The second-order valence-electron chi connectivity index (χ2n) is 4.84. The van der Waals surface area contributed by atoms with Crippen LogP contribution in [-0.2, 0) is 9.59 Å². The van der Waals surface area contributed by atoms with Crippen molar-refractivity contribution in [2.24, 2.45) is 17.8 Å². The van der Waals surface area contributed by atoms with E-state index in [4.69, 9.17) is 5.11 Å². The molecule has 0 aromatic heterocycles. The Morgan fingerprint density at radius 3 is 2.31 bits per heavy atom. The van der Waals surface area contributed by atoms with Crippen LogP contribution >= 0.6 is 0 Å². The van der Waals surface area contributed by atoms with Gasteiger partial charge in [-0.05, 0) is 24.7 Å². The summed E-state index contributed by atoms with van der Waals surface area (Å²) in [6, 6.07) is -0.751. The zero-order chi connectivity index (χ0) is 12.3. The second kappa shape index (κ2) is 5.32. The fraction of sp³-hybridized carbons (Fsp3) is 0.833. The molecule has 1 fully saturated rings. The minimum absolute atomic E-state index is 0.0344. The minimum atomic E-state index is -0.939. The molecule has 1 aliphatic carbocycles. The molecular formula is C12H21NO3. The minimum Gasteiger partial charge on any atom is -0.480 e. The third kappa shape index (κ3) is 3.22. The van der Waals surface area contributed by atoms with Gasteiger partial charge >= 0.3 is 5.97 Å². The summed E-state index contributed by atoms with van der Waals surface area (Å²) in [6.45, 7) is 5.65. The van der Waals surface area contributed by atoms with Crippen molar-refractivity contribution < 1.29 is 14.7 Å². The monoisotopic (exact) mass is 227 g/mol. The maximum Gasteiger partial charge on any atom is 0.326 e. The first kappa shape index (κ1) is 13.0. The Kier molecular flexibility index (Phi) is 4.33. The maximum atomic E-state index is 11.8. The van der Waals surface area contributed by atoms with Crippen LogP contribution < -0.4 is 5.32 Å². The maximum absolute atomic E-state index is 11.8. The van der Waals surface area contributed by atoms with Crippen molar-refractivity contribution in [2.75, 3.05) is 0 Å². The summed E-state index contributed by atoms with van der Waals surface area (Å²) in [7, 11) is 0. The van der Waals surface area contributed by atoms with E-state index >= 15 is 0 Å². The molecule has 16 heavy (non-hydrogen) atoms. The zero-order valence-corrected chi connectivity index (χ0v) is 10.2. The molecule has 0 bridgehead atoms. The van der Waals surface area contributed by atoms with Crippen molar-refractivity contribution in [3.63, 3.8) is 0 Å². The molecule has 0 heterocycles. The lowest BCUT2D eigenvalue weighted by Crippen LogP contribution is -2.47. The first-order valence-electron chi connectivity index (χ1n) is 6.00. The lowest BCUT2D eigenvalue weighted by atomic mass is 9.97. The van der Waals surface area contributed by atoms with Gasteiger partial charge < -0.3 is 10.4 Å². The van der Waals surface area contributed by atoms with E-state index in [1.165, 1.54) is 0 Å². The van der Waals surface area contributed by atoms with Crippen LogP contribution in [0.5, 0.6) is 0 Å². The summed E-state index contributed by atoms with van der Waals surface area (Å²) < 4.78 is 0. The highest BCUT2D eigenvalue weighted by atomic mass is 16.4. The summed E-state index contributed by atoms with van der Waals surface area (Å²) in [5.41, 5.74) is 0. The largest absolute Gasteiger partial charge is 0.480 e. The molecule has 1 unspecified atom stereocenters. The molecule has 4 heteroatoms. The number of carbonyl (C=O) groups excluding carboxylic acids is 1. The van der Waals surface area contributed by atoms with Gasteiger partial charge in [0.2, 0.25) is 5.91 Å². The van der Waals surface area contributed by atoms with Gasteiger partial charge in [0.05, 0.1) is 0 Å². The van der Waals surface area contributed by atoms with Gasteiger partial charge in [-0.3, -0.25) is 4.79 Å². The van der Waals surface area contributed by atoms with Crippen molar-refractivity contribution in [3.05, 3.63) is 0 Å². The lowest BCUT2D eigenvalue weighted by Gasteiger charge is -2.22. The molecule has 4 nitrogen and oxygen atoms in total. The molecule has 0 radical (unpaired) electrons. The molecule has 0 aromatic rings. The Hall–Kier alpha value is -1.06. The van der Waals surface area contributed by atoms with Crippen LogP contribution in [0.25, 0.3) is 0 Å². The molecule has 92 valence electrons. The van der Waals surface area contributed by atoms with Gasteiger partial charge in [0.25, 0.3) is 0 Å². The highest BCUT2D eigenvalue weighted by molar-refractivity contribution is 5.85. The van der Waals surface area contributed by atoms with Crippen LogP contribution in [0.2, 0.25) is 0 Å². The van der Waals surface area contributed by atoms with Crippen LogP contribution in [0.1, 0.15) is 40.0 Å². The Balaban J connectivity index is 2.53. The second-order valence-corrected chi connectivity index (χ2v) is 4.84. The number of aliphatic carboxylic acids is 1. The van der Waals surface area contributed by atoms with Crippen LogP contribution in [0, 0.1) is 17.8 Å². The van der Waals surface area contributed by atoms with Crippen LogP contribution in [-0.4, -0.2) is 23.0 Å². The molecular weight excluding hydrogens is 206 g/mol. The Labute approximate surface area is 96.4 Å². The summed E-state index contributed by atoms with van der Waals surface area (Å²) in [6.07, 6.45) is 2.93. The van der Waals surface area contributed by atoms with E-state index in [-0.39, 0.29) is 17.7 Å². The lowest BCUT2D eigenvalue weighted by molar-refractivity contribution is -0.144. The number of carbonyl (C=O) groups is 2. The smallest absolute Gasteiger partial charge is 0.326 e. The molecule has 2 N–H and O–H groups in total. The van der Waals surface area contributed by atoms with Crippen molar-refractivity contribution in [3.8, 4) is 0 Å². The number of carboxylic acids is 1. The molecule has 1 rings (SSSR count). The van der Waals surface area contributed by atoms with Crippen LogP contribution in [0.4, 0.5) is 0 Å². The number of hydrogen-bond donors (Lipinski definition) is 2. The molecule has 0 saturated heterocycles. The average molecular weight is 227 g/mol. The highest BCUT2D eigenvalue weighted by Crippen LogP contribution is 2.36. The zero-order valence-electron chi connectivity index (χ0n) is 10.2. The SMILES string of the molecule is CC[C@H](C)[C@H](NC(=O)C(C)C1CC1)C(=O)O. The number of nitrogens with one attached hydrogen (secondary N) is 1. The fourth-order valence-corrected chi connectivity index (χ4v) is 1.78. The first-order chi connectivity index (χ1) is 7.47. The van der Waals surface area contributed by atoms with Gasteiger partial charge in [0.1, 0.15) is 6.04 Å². The first-order valence-corrected chi connectivity index (χ1v) is 6.00. The van der Waals surface area contributed by atoms with E-state index in [1.807, 2.05) is 20.8 Å². The molecule has 0 aromatic carbocycles. The van der Waals surface area contributed by atoms with E-state index in [1.54, 1.807) is 0 Å². The van der Waals surface area contributed by atoms with Crippen molar-refractivity contribution >= 4 is 11.9 Å². The summed E-state index contributed by atoms with van der Waals surface area (Å²) in [4.78, 5) is 22.8. The van der Waals surface area contributed by atoms with E-state index in [0.29, 0.717) is 5.92 Å². The third-order valence-electron chi connectivity index (χ3n) is 3.52. The number of hydrogen-bond acceptors (Lipinski definition) is 2. The van der Waals surface area contributed by atoms with E-state index in [9.17, 15) is 9.59 Å². The topological polar surface area (TPSA) is 66.4 Å². The normalized spacial score (nSPS) is 20.9. The Morgan fingerprint density at radius 2 is 1.94 bits per heavy atom. The number of carboxylic acid groups (broad SMARTS) is 1. The van der Waals surface area contributed by atoms with Gasteiger partial charge in [0, 0.05) is 5.92 Å². The van der Waals surface area contributed by atoms with E-state index < -0.39 is 12.0 Å². The highest BCUT2D eigenvalue weighted by Gasteiger charge is 2.35. The molecule has 0 aliphatic heterocycles. The van der Waals surface area contributed by atoms with Crippen molar-refractivity contribution in [1.29, 1.82) is 0 Å². The third-order valence-corrected chi connectivity index (χ3v) is 3.52. The predicted molar refractivity (Wildman–Crippen MR) is 60.9 cm³/mol. The van der Waals surface area contributed by atoms with Gasteiger partial charge in [-0.2, -0.15) is 0 Å².